The van der Waals surface area contributed by atoms with E-state index in [9.17, 15) is 13.2 Å². The van der Waals surface area contributed by atoms with Crippen molar-refractivity contribution in [2.75, 3.05) is 30.0 Å². The smallest absolute Gasteiger partial charge is 0.183 e. The molecule has 0 aliphatic heterocycles. The molecule has 0 atom stereocenters. The van der Waals surface area contributed by atoms with E-state index < -0.39 is 9.84 Å². The van der Waals surface area contributed by atoms with Crippen molar-refractivity contribution in [1.82, 2.24) is 0 Å². The second-order valence-corrected chi connectivity index (χ2v) is 8.54. The van der Waals surface area contributed by atoms with Crippen LogP contribution in [0.2, 0.25) is 0 Å². The molecule has 2 N–H and O–H groups in total. The first kappa shape index (κ1) is 18.0. The summed E-state index contributed by atoms with van der Waals surface area (Å²) in [4.78, 5) is 14.6. The highest BCUT2D eigenvalue weighted by Crippen LogP contribution is 2.42. The fraction of sp³-hybridized carbons (Fsp3) is 0.643. The molecule has 0 saturated heterocycles. The Morgan fingerprint density at radius 3 is 2.33 bits per heavy atom. The predicted octanol–water partition coefficient (Wildman–Crippen LogP) is 2.81. The van der Waals surface area contributed by atoms with Crippen LogP contribution in [-0.4, -0.2) is 33.5 Å². The predicted molar refractivity (Wildman–Crippen MR) is 89.2 cm³/mol. The molecule has 0 amide bonds. The zero-order valence-electron chi connectivity index (χ0n) is 13.3. The van der Waals surface area contributed by atoms with Crippen LogP contribution in [0.25, 0.3) is 0 Å². The monoisotopic (exact) mass is 332 g/mol. The van der Waals surface area contributed by atoms with Gasteiger partial charge in [-0.2, -0.15) is 0 Å². The molecular formula is C14H24N2O3S2. The van der Waals surface area contributed by atoms with Crippen LogP contribution in [0.1, 0.15) is 43.8 Å². The van der Waals surface area contributed by atoms with Crippen molar-refractivity contribution >= 4 is 37.6 Å². The molecule has 0 aliphatic rings. The van der Waals surface area contributed by atoms with Gasteiger partial charge in [0.05, 0.1) is 16.3 Å². The van der Waals surface area contributed by atoms with Crippen molar-refractivity contribution in [2.24, 2.45) is 5.92 Å². The maximum atomic E-state index is 12.3. The molecule has 0 aromatic carbocycles. The van der Waals surface area contributed by atoms with Gasteiger partial charge in [-0.1, -0.05) is 27.7 Å². The number of rotatable bonds is 7. The number of nitrogen functional groups attached to an aromatic ring is 1. The standard InChI is InChI=1S/C14H24N2O3S2/c1-6-8-16(5)14-13(21(18,19)7-2)10(15)12(20-14)11(17)9(3)4/h9H,6-8,15H2,1-5H3. The molecule has 120 valence electrons. The number of hydrogen-bond acceptors (Lipinski definition) is 6. The Hall–Kier alpha value is -1.08. The lowest BCUT2D eigenvalue weighted by atomic mass is 10.1. The van der Waals surface area contributed by atoms with Gasteiger partial charge < -0.3 is 10.6 Å². The third-order valence-electron chi connectivity index (χ3n) is 3.23. The first-order valence-corrected chi connectivity index (χ1v) is 9.54. The summed E-state index contributed by atoms with van der Waals surface area (Å²) in [6.45, 7) is 7.87. The molecule has 0 saturated carbocycles. The third kappa shape index (κ3) is 3.58. The molecule has 1 aromatic heterocycles. The zero-order valence-corrected chi connectivity index (χ0v) is 14.9. The molecule has 1 aromatic rings. The van der Waals surface area contributed by atoms with Gasteiger partial charge in [-0.05, 0) is 6.42 Å². The summed E-state index contributed by atoms with van der Waals surface area (Å²) in [7, 11) is -1.64. The largest absolute Gasteiger partial charge is 0.396 e. The maximum Gasteiger partial charge on any atom is 0.183 e. The molecule has 1 rings (SSSR count). The van der Waals surface area contributed by atoms with Crippen LogP contribution < -0.4 is 10.6 Å². The zero-order chi connectivity index (χ0) is 16.4. The Labute approximate surface area is 131 Å². The van der Waals surface area contributed by atoms with E-state index in [-0.39, 0.29) is 28.0 Å². The minimum atomic E-state index is -3.47. The highest BCUT2D eigenvalue weighted by molar-refractivity contribution is 7.92. The van der Waals surface area contributed by atoms with Crippen LogP contribution in [-0.2, 0) is 9.84 Å². The Bertz CT molecular complexity index is 618. The minimum Gasteiger partial charge on any atom is -0.396 e. The number of ketones is 1. The Morgan fingerprint density at radius 1 is 1.33 bits per heavy atom. The Kier molecular flexibility index (Phi) is 5.81. The topological polar surface area (TPSA) is 80.5 Å². The number of hydrogen-bond donors (Lipinski definition) is 1. The van der Waals surface area contributed by atoms with Gasteiger partial charge in [0.25, 0.3) is 0 Å². The highest BCUT2D eigenvalue weighted by Gasteiger charge is 2.30. The van der Waals surface area contributed by atoms with E-state index in [1.165, 1.54) is 11.3 Å². The first-order chi connectivity index (χ1) is 9.67. The number of sulfone groups is 1. The number of carbonyl (C=O) groups is 1. The number of carbonyl (C=O) groups excluding carboxylic acids is 1. The molecule has 0 bridgehead atoms. The van der Waals surface area contributed by atoms with Crippen LogP contribution in [0.3, 0.4) is 0 Å². The lowest BCUT2D eigenvalue weighted by Crippen LogP contribution is -2.19. The lowest BCUT2D eigenvalue weighted by molar-refractivity contribution is 0.0944. The number of nitrogens with zero attached hydrogens (tertiary/aromatic N) is 1. The van der Waals surface area contributed by atoms with E-state index in [1.54, 1.807) is 20.8 Å². The van der Waals surface area contributed by atoms with E-state index >= 15 is 0 Å². The summed E-state index contributed by atoms with van der Waals surface area (Å²) in [5.74, 6) is -0.357. The van der Waals surface area contributed by atoms with Crippen LogP contribution in [0, 0.1) is 5.92 Å². The van der Waals surface area contributed by atoms with Crippen LogP contribution >= 0.6 is 11.3 Å². The number of Topliss-reactive ketones (excluding diaryl/α,β-unsaturated/α-hetero) is 1. The van der Waals surface area contributed by atoms with Crippen LogP contribution in [0.5, 0.6) is 0 Å². The highest BCUT2D eigenvalue weighted by atomic mass is 32.2. The van der Waals surface area contributed by atoms with Crippen molar-refractivity contribution in [1.29, 1.82) is 0 Å². The minimum absolute atomic E-state index is 0.0315. The summed E-state index contributed by atoms with van der Waals surface area (Å²) in [5.41, 5.74) is 6.13. The van der Waals surface area contributed by atoms with E-state index in [2.05, 4.69) is 0 Å². The van der Waals surface area contributed by atoms with Crippen molar-refractivity contribution < 1.29 is 13.2 Å². The molecule has 0 spiro atoms. The molecule has 0 fully saturated rings. The van der Waals surface area contributed by atoms with Crippen molar-refractivity contribution in [2.45, 2.75) is 39.0 Å². The van der Waals surface area contributed by atoms with Crippen LogP contribution in [0.4, 0.5) is 10.7 Å². The first-order valence-electron chi connectivity index (χ1n) is 7.07. The van der Waals surface area contributed by atoms with E-state index in [0.29, 0.717) is 16.4 Å². The van der Waals surface area contributed by atoms with E-state index in [1.807, 2.05) is 18.9 Å². The third-order valence-corrected chi connectivity index (χ3v) is 6.49. The summed E-state index contributed by atoms with van der Waals surface area (Å²) < 4.78 is 24.7. The number of nitrogens with two attached hydrogens (primary N) is 1. The summed E-state index contributed by atoms with van der Waals surface area (Å²) >= 11 is 1.19. The van der Waals surface area contributed by atoms with Crippen molar-refractivity contribution in [3.05, 3.63) is 4.88 Å². The van der Waals surface area contributed by atoms with Crippen molar-refractivity contribution in [3.63, 3.8) is 0 Å². The summed E-state index contributed by atoms with van der Waals surface area (Å²) in [6, 6.07) is 0. The molecule has 0 radical (unpaired) electrons. The van der Waals surface area contributed by atoms with Gasteiger partial charge in [0.15, 0.2) is 15.6 Å². The second-order valence-electron chi connectivity index (χ2n) is 5.32. The van der Waals surface area contributed by atoms with Gasteiger partial charge >= 0.3 is 0 Å². The maximum absolute atomic E-state index is 12.3. The lowest BCUT2D eigenvalue weighted by Gasteiger charge is -2.18. The molecule has 0 unspecified atom stereocenters. The molecule has 1 heterocycles. The average Bonchev–Trinajstić information content (AvgIpc) is 2.76. The molecular weight excluding hydrogens is 308 g/mol. The summed E-state index contributed by atoms with van der Waals surface area (Å²) in [5, 5.41) is 0.570. The van der Waals surface area contributed by atoms with Gasteiger partial charge in [-0.25, -0.2) is 8.42 Å². The fourth-order valence-electron chi connectivity index (χ4n) is 1.99. The molecule has 21 heavy (non-hydrogen) atoms. The number of anilines is 2. The van der Waals surface area contributed by atoms with Crippen molar-refractivity contribution in [3.8, 4) is 0 Å². The van der Waals surface area contributed by atoms with Gasteiger partial charge in [0.2, 0.25) is 0 Å². The van der Waals surface area contributed by atoms with E-state index in [4.69, 9.17) is 5.73 Å². The summed E-state index contributed by atoms with van der Waals surface area (Å²) in [6.07, 6.45) is 0.882. The second kappa shape index (κ2) is 6.79. The molecule has 0 aliphatic carbocycles. The number of thiophene rings is 1. The fourth-order valence-corrected chi connectivity index (χ4v) is 4.90. The molecule has 7 heteroatoms. The van der Waals surface area contributed by atoms with Gasteiger partial charge in [0.1, 0.15) is 9.90 Å². The van der Waals surface area contributed by atoms with Crippen LogP contribution in [0.15, 0.2) is 4.90 Å². The Morgan fingerprint density at radius 2 is 1.90 bits per heavy atom. The molecule has 5 nitrogen and oxygen atoms in total. The van der Waals surface area contributed by atoms with Gasteiger partial charge in [-0.15, -0.1) is 11.3 Å². The Balaban J connectivity index is 3.56. The average molecular weight is 332 g/mol. The van der Waals surface area contributed by atoms with E-state index in [0.717, 1.165) is 6.42 Å². The normalized spacial score (nSPS) is 11.9. The quantitative estimate of drug-likeness (QED) is 0.777. The van der Waals surface area contributed by atoms with Gasteiger partial charge in [-0.3, -0.25) is 4.79 Å². The van der Waals surface area contributed by atoms with Gasteiger partial charge in [0, 0.05) is 19.5 Å². The SMILES string of the molecule is CCCN(C)c1sc(C(=O)C(C)C)c(N)c1S(=O)(=O)CC.